The zero-order valence-corrected chi connectivity index (χ0v) is 16.6. The van der Waals surface area contributed by atoms with Crippen molar-refractivity contribution < 1.29 is 9.84 Å². The smallest absolute Gasteiger partial charge is 0.137 e. The molecular formula is C22H32N4O2. The molecule has 2 fully saturated rings. The molecule has 0 spiro atoms. The number of aromatic nitrogens is 2. The number of aryl methyl sites for hydroxylation is 1. The van der Waals surface area contributed by atoms with Crippen LogP contribution in [0.1, 0.15) is 44.1 Å². The molecule has 0 radical (unpaired) electrons. The van der Waals surface area contributed by atoms with Gasteiger partial charge in [0.2, 0.25) is 0 Å². The van der Waals surface area contributed by atoms with Gasteiger partial charge >= 0.3 is 0 Å². The molecule has 152 valence electrons. The summed E-state index contributed by atoms with van der Waals surface area (Å²) in [6.07, 6.45) is 9.35. The number of nitrogens with zero attached hydrogens (tertiary/aromatic N) is 3. The molecular weight excluding hydrogens is 352 g/mol. The second-order valence-electron chi connectivity index (χ2n) is 8.05. The Morgan fingerprint density at radius 3 is 2.68 bits per heavy atom. The Balaban J connectivity index is 1.39. The van der Waals surface area contributed by atoms with Crippen molar-refractivity contribution in [1.82, 2.24) is 14.9 Å². The van der Waals surface area contributed by atoms with Crippen LogP contribution in [-0.4, -0.2) is 65.0 Å². The van der Waals surface area contributed by atoms with Crippen LogP contribution < -0.4 is 5.32 Å². The zero-order valence-electron chi connectivity index (χ0n) is 16.6. The fraction of sp³-hybridized carbons (Fsp3) is 0.636. The Bertz CT molecular complexity index is 755. The van der Waals surface area contributed by atoms with E-state index in [2.05, 4.69) is 38.4 Å². The number of benzene rings is 1. The van der Waals surface area contributed by atoms with Crippen LogP contribution in [0.4, 0.5) is 5.82 Å². The number of hydrogen-bond donors (Lipinski definition) is 2. The lowest BCUT2D eigenvalue weighted by Gasteiger charge is -2.39. The number of aliphatic hydroxyl groups is 1. The molecule has 0 amide bonds. The first-order valence-corrected chi connectivity index (χ1v) is 10.8. The molecule has 28 heavy (non-hydrogen) atoms. The number of morpholine rings is 1. The Kier molecular flexibility index (Phi) is 6.73. The number of aliphatic hydroxyl groups excluding tert-OH is 1. The Morgan fingerprint density at radius 2 is 1.89 bits per heavy atom. The van der Waals surface area contributed by atoms with Crippen LogP contribution in [0.3, 0.4) is 0 Å². The van der Waals surface area contributed by atoms with Gasteiger partial charge in [-0.1, -0.05) is 6.07 Å². The van der Waals surface area contributed by atoms with Crippen molar-refractivity contribution in [3.05, 3.63) is 30.1 Å². The predicted octanol–water partition coefficient (Wildman–Crippen LogP) is 3.00. The Morgan fingerprint density at radius 1 is 1.07 bits per heavy atom. The standard InChI is InChI=1S/C22H32N4O2/c27-12-2-1-3-17-4-9-21-20(15-17)22(24-16-23-21)25-18-5-7-19(8-6-18)26-10-13-28-14-11-26/h4,9,15-16,18-19,27H,1-3,5-8,10-14H2,(H,23,24,25)/t18-,19-. The van der Waals surface area contributed by atoms with Gasteiger partial charge in [-0.15, -0.1) is 0 Å². The highest BCUT2D eigenvalue weighted by Crippen LogP contribution is 2.28. The van der Waals surface area contributed by atoms with E-state index in [1.165, 1.54) is 31.2 Å². The minimum atomic E-state index is 0.261. The first-order chi connectivity index (χ1) is 13.8. The number of nitrogens with one attached hydrogen (secondary N) is 1. The van der Waals surface area contributed by atoms with E-state index < -0.39 is 0 Å². The second kappa shape index (κ2) is 9.63. The molecule has 1 saturated carbocycles. The van der Waals surface area contributed by atoms with E-state index in [-0.39, 0.29) is 6.61 Å². The Labute approximate surface area is 167 Å². The normalized spacial score (nSPS) is 23.8. The summed E-state index contributed by atoms with van der Waals surface area (Å²) >= 11 is 0. The lowest BCUT2D eigenvalue weighted by molar-refractivity contribution is 0.00791. The molecule has 6 nitrogen and oxygen atoms in total. The van der Waals surface area contributed by atoms with E-state index in [0.717, 1.165) is 62.3 Å². The summed E-state index contributed by atoms with van der Waals surface area (Å²) in [5.41, 5.74) is 2.28. The number of hydrogen-bond acceptors (Lipinski definition) is 6. The maximum Gasteiger partial charge on any atom is 0.137 e. The molecule has 2 heterocycles. The third-order valence-corrected chi connectivity index (χ3v) is 6.17. The van der Waals surface area contributed by atoms with E-state index in [9.17, 15) is 0 Å². The predicted molar refractivity (Wildman–Crippen MR) is 112 cm³/mol. The summed E-state index contributed by atoms with van der Waals surface area (Å²) < 4.78 is 5.49. The lowest BCUT2D eigenvalue weighted by atomic mass is 9.90. The molecule has 0 unspecified atom stereocenters. The van der Waals surface area contributed by atoms with Crippen LogP contribution in [0.2, 0.25) is 0 Å². The van der Waals surface area contributed by atoms with Crippen molar-refractivity contribution in [2.75, 3.05) is 38.2 Å². The van der Waals surface area contributed by atoms with E-state index in [1.807, 2.05) is 0 Å². The third kappa shape index (κ3) is 4.80. The van der Waals surface area contributed by atoms with Gasteiger partial charge in [-0.3, -0.25) is 4.90 Å². The van der Waals surface area contributed by atoms with E-state index in [1.54, 1.807) is 6.33 Å². The molecule has 1 aromatic heterocycles. The van der Waals surface area contributed by atoms with Gasteiger partial charge < -0.3 is 15.2 Å². The number of rotatable bonds is 7. The van der Waals surface area contributed by atoms with E-state index in [4.69, 9.17) is 9.84 Å². The number of anilines is 1. The van der Waals surface area contributed by atoms with Gasteiger partial charge in [0.1, 0.15) is 12.1 Å². The lowest BCUT2D eigenvalue weighted by Crippen LogP contribution is -2.46. The molecule has 2 N–H and O–H groups in total. The average molecular weight is 385 g/mol. The molecule has 1 aliphatic heterocycles. The summed E-state index contributed by atoms with van der Waals surface area (Å²) in [7, 11) is 0. The number of unbranched alkanes of at least 4 members (excludes halogenated alkanes) is 1. The fourth-order valence-corrected chi connectivity index (χ4v) is 4.54. The molecule has 0 atom stereocenters. The van der Waals surface area contributed by atoms with Crippen molar-refractivity contribution in [2.45, 2.75) is 57.0 Å². The summed E-state index contributed by atoms with van der Waals surface area (Å²) in [6.45, 7) is 4.19. The van der Waals surface area contributed by atoms with Crippen LogP contribution in [0, 0.1) is 0 Å². The molecule has 1 aliphatic carbocycles. The fourth-order valence-electron chi connectivity index (χ4n) is 4.54. The highest BCUT2D eigenvalue weighted by Gasteiger charge is 2.27. The quantitative estimate of drug-likeness (QED) is 0.715. The van der Waals surface area contributed by atoms with E-state index >= 15 is 0 Å². The molecule has 2 aromatic rings. The van der Waals surface area contributed by atoms with Crippen LogP contribution >= 0.6 is 0 Å². The number of fused-ring (bicyclic) bond motifs is 1. The summed E-state index contributed by atoms with van der Waals surface area (Å²) in [6, 6.07) is 7.64. The highest BCUT2D eigenvalue weighted by molar-refractivity contribution is 5.89. The summed E-state index contributed by atoms with van der Waals surface area (Å²) in [4.78, 5) is 11.6. The highest BCUT2D eigenvalue weighted by atomic mass is 16.5. The van der Waals surface area contributed by atoms with Crippen molar-refractivity contribution in [3.8, 4) is 0 Å². The SMILES string of the molecule is OCCCCc1ccc2ncnc(N[C@H]3CC[C@H](N4CCOCC4)CC3)c2c1. The molecule has 0 bridgehead atoms. The summed E-state index contributed by atoms with van der Waals surface area (Å²) in [5.74, 6) is 0.962. The first kappa shape index (κ1) is 19.6. The monoisotopic (exact) mass is 384 g/mol. The third-order valence-electron chi connectivity index (χ3n) is 6.17. The topological polar surface area (TPSA) is 70.5 Å². The van der Waals surface area contributed by atoms with Gasteiger partial charge in [0, 0.05) is 37.2 Å². The summed E-state index contributed by atoms with van der Waals surface area (Å²) in [5, 5.41) is 13.8. The van der Waals surface area contributed by atoms with Gasteiger partial charge in [0.25, 0.3) is 0 Å². The van der Waals surface area contributed by atoms with Gasteiger partial charge in [0.15, 0.2) is 0 Å². The van der Waals surface area contributed by atoms with Gasteiger partial charge in [-0.2, -0.15) is 0 Å². The van der Waals surface area contributed by atoms with Crippen LogP contribution in [0.15, 0.2) is 24.5 Å². The van der Waals surface area contributed by atoms with Gasteiger partial charge in [-0.05, 0) is 62.6 Å². The molecule has 6 heteroatoms. The maximum atomic E-state index is 9.01. The molecule has 4 rings (SSSR count). The number of ether oxygens (including phenoxy) is 1. The van der Waals surface area contributed by atoms with Gasteiger partial charge in [-0.25, -0.2) is 9.97 Å². The van der Waals surface area contributed by atoms with Crippen molar-refractivity contribution in [2.24, 2.45) is 0 Å². The molecule has 2 aliphatic rings. The van der Waals surface area contributed by atoms with Crippen molar-refractivity contribution >= 4 is 16.7 Å². The minimum Gasteiger partial charge on any atom is -0.396 e. The van der Waals surface area contributed by atoms with Gasteiger partial charge in [0.05, 0.1) is 18.7 Å². The largest absolute Gasteiger partial charge is 0.396 e. The molecule has 1 saturated heterocycles. The first-order valence-electron chi connectivity index (χ1n) is 10.8. The van der Waals surface area contributed by atoms with Crippen LogP contribution in [0.25, 0.3) is 10.9 Å². The molecule has 1 aromatic carbocycles. The maximum absolute atomic E-state index is 9.01. The van der Waals surface area contributed by atoms with Crippen LogP contribution in [-0.2, 0) is 11.2 Å². The zero-order chi connectivity index (χ0) is 19.2. The Hall–Kier alpha value is -1.76. The van der Waals surface area contributed by atoms with Crippen molar-refractivity contribution in [3.63, 3.8) is 0 Å². The average Bonchev–Trinajstić information content (AvgIpc) is 2.75. The second-order valence-corrected chi connectivity index (χ2v) is 8.05. The van der Waals surface area contributed by atoms with Crippen molar-refractivity contribution in [1.29, 1.82) is 0 Å². The minimum absolute atomic E-state index is 0.261. The van der Waals surface area contributed by atoms with E-state index in [0.29, 0.717) is 12.1 Å². The van der Waals surface area contributed by atoms with Crippen LogP contribution in [0.5, 0.6) is 0 Å².